The average Bonchev–Trinajstić information content (AvgIpc) is 2.55. The highest BCUT2D eigenvalue weighted by Crippen LogP contribution is 2.31. The first-order valence-electron chi connectivity index (χ1n) is 6.74. The molecule has 0 saturated heterocycles. The van der Waals surface area contributed by atoms with Crippen molar-refractivity contribution in [2.45, 2.75) is 0 Å². The van der Waals surface area contributed by atoms with Crippen LogP contribution in [0.3, 0.4) is 0 Å². The fraction of sp³-hybridized carbons (Fsp3) is 0.125. The van der Waals surface area contributed by atoms with E-state index in [1.54, 1.807) is 25.3 Å². The third kappa shape index (κ3) is 4.10. The van der Waals surface area contributed by atoms with Crippen LogP contribution in [0.15, 0.2) is 42.5 Å². The number of esters is 1. The van der Waals surface area contributed by atoms with Gasteiger partial charge >= 0.3 is 5.97 Å². The Hall–Kier alpha value is -2.80. The van der Waals surface area contributed by atoms with E-state index in [9.17, 15) is 4.79 Å². The molecule has 23 heavy (non-hydrogen) atoms. The number of carbonyl (C=O) groups is 1. The first kappa shape index (κ1) is 16.6. The van der Waals surface area contributed by atoms with Crippen LogP contribution >= 0.6 is 12.2 Å². The second kappa shape index (κ2) is 7.46. The molecule has 0 aliphatic rings. The Labute approximate surface area is 139 Å². The highest BCUT2D eigenvalue weighted by atomic mass is 32.1. The van der Waals surface area contributed by atoms with E-state index in [-0.39, 0.29) is 5.11 Å². The topological polar surface area (TPSA) is 85.6 Å². The molecule has 0 atom stereocenters. The summed E-state index contributed by atoms with van der Waals surface area (Å²) in [6.45, 7) is 0. The van der Waals surface area contributed by atoms with E-state index < -0.39 is 5.97 Å². The van der Waals surface area contributed by atoms with E-state index in [2.05, 4.69) is 10.6 Å². The standard InChI is InChI=1S/C16H17N3O3S/c1-21-14-6-4-3-5-12(14)18-11-8-7-10(15(20)22-2)9-13(11)19-16(17)23/h3-9,18H,1-2H3,(H3,17,19,23). The second-order valence-corrected chi connectivity index (χ2v) is 5.01. The van der Waals surface area contributed by atoms with Crippen LogP contribution in [0.1, 0.15) is 10.4 Å². The zero-order valence-electron chi connectivity index (χ0n) is 12.8. The summed E-state index contributed by atoms with van der Waals surface area (Å²) < 4.78 is 10.0. The lowest BCUT2D eigenvalue weighted by Gasteiger charge is -2.16. The summed E-state index contributed by atoms with van der Waals surface area (Å²) in [7, 11) is 2.92. The molecule has 6 nitrogen and oxygen atoms in total. The molecular formula is C16H17N3O3S. The molecule has 0 amide bonds. The normalized spacial score (nSPS) is 9.83. The molecule has 0 radical (unpaired) electrons. The maximum atomic E-state index is 11.7. The molecule has 0 spiro atoms. The van der Waals surface area contributed by atoms with Crippen LogP contribution < -0.4 is 21.1 Å². The van der Waals surface area contributed by atoms with Crippen LogP contribution in [0.5, 0.6) is 5.75 Å². The number of rotatable bonds is 5. The molecule has 0 saturated carbocycles. The Balaban J connectivity index is 2.40. The van der Waals surface area contributed by atoms with Crippen molar-refractivity contribution in [3.63, 3.8) is 0 Å². The van der Waals surface area contributed by atoms with Gasteiger partial charge < -0.3 is 25.8 Å². The maximum absolute atomic E-state index is 11.7. The molecule has 0 unspecified atom stereocenters. The molecule has 0 fully saturated rings. The van der Waals surface area contributed by atoms with E-state index in [1.165, 1.54) is 7.11 Å². The maximum Gasteiger partial charge on any atom is 0.337 e. The number of nitrogens with one attached hydrogen (secondary N) is 2. The number of hydrogen-bond acceptors (Lipinski definition) is 5. The fourth-order valence-corrected chi connectivity index (χ4v) is 2.14. The SMILES string of the molecule is COC(=O)c1ccc(Nc2ccccc2OC)c(NC(N)=S)c1. The van der Waals surface area contributed by atoms with Gasteiger partial charge in [-0.1, -0.05) is 12.1 Å². The van der Waals surface area contributed by atoms with Gasteiger partial charge in [0.15, 0.2) is 5.11 Å². The monoisotopic (exact) mass is 331 g/mol. The minimum Gasteiger partial charge on any atom is -0.495 e. The molecule has 2 rings (SSSR count). The number of methoxy groups -OCH3 is 2. The first-order chi connectivity index (χ1) is 11.0. The van der Waals surface area contributed by atoms with Crippen LogP contribution in [-0.2, 0) is 4.74 Å². The van der Waals surface area contributed by atoms with E-state index in [1.807, 2.05) is 24.3 Å². The van der Waals surface area contributed by atoms with Crippen LogP contribution in [0.25, 0.3) is 0 Å². The lowest BCUT2D eigenvalue weighted by atomic mass is 10.1. The van der Waals surface area contributed by atoms with Gasteiger partial charge in [0.05, 0.1) is 36.8 Å². The van der Waals surface area contributed by atoms with Crippen molar-refractivity contribution >= 4 is 40.4 Å². The highest BCUT2D eigenvalue weighted by Gasteiger charge is 2.12. The van der Waals surface area contributed by atoms with Crippen LogP contribution in [0.4, 0.5) is 17.1 Å². The largest absolute Gasteiger partial charge is 0.495 e. The molecule has 0 heterocycles. The summed E-state index contributed by atoms with van der Waals surface area (Å²) in [5.74, 6) is 0.241. The van der Waals surface area contributed by atoms with Crippen LogP contribution in [-0.4, -0.2) is 25.3 Å². The number of para-hydroxylation sites is 2. The van der Waals surface area contributed by atoms with Gasteiger partial charge in [-0.25, -0.2) is 4.79 Å². The summed E-state index contributed by atoms with van der Waals surface area (Å²) in [5.41, 5.74) is 7.96. The smallest absolute Gasteiger partial charge is 0.337 e. The van der Waals surface area contributed by atoms with Crippen molar-refractivity contribution in [2.75, 3.05) is 24.9 Å². The average molecular weight is 331 g/mol. The third-order valence-corrected chi connectivity index (χ3v) is 3.18. The Morgan fingerprint density at radius 2 is 1.83 bits per heavy atom. The van der Waals surface area contributed by atoms with E-state index in [0.717, 1.165) is 5.69 Å². The molecule has 0 aliphatic carbocycles. The first-order valence-corrected chi connectivity index (χ1v) is 7.15. The molecule has 4 N–H and O–H groups in total. The molecule has 0 aromatic heterocycles. The van der Waals surface area contributed by atoms with Crippen molar-refractivity contribution in [3.8, 4) is 5.75 Å². The summed E-state index contributed by atoms with van der Waals surface area (Å²) in [6, 6.07) is 12.5. The Bertz CT molecular complexity index is 734. The number of anilines is 3. The van der Waals surface area contributed by atoms with Crippen LogP contribution in [0.2, 0.25) is 0 Å². The molecule has 2 aromatic carbocycles. The summed E-state index contributed by atoms with van der Waals surface area (Å²) in [5, 5.41) is 6.17. The summed E-state index contributed by atoms with van der Waals surface area (Å²) >= 11 is 4.89. The third-order valence-electron chi connectivity index (χ3n) is 3.07. The van der Waals surface area contributed by atoms with Crippen LogP contribution in [0, 0.1) is 0 Å². The molecule has 7 heteroatoms. The van der Waals surface area contributed by atoms with Gasteiger partial charge in [-0.2, -0.15) is 0 Å². The molecule has 0 aliphatic heterocycles. The second-order valence-electron chi connectivity index (χ2n) is 4.57. The van der Waals surface area contributed by atoms with Crippen molar-refractivity contribution in [1.29, 1.82) is 0 Å². The number of carbonyl (C=O) groups excluding carboxylic acids is 1. The van der Waals surface area contributed by atoms with Gasteiger partial charge in [0, 0.05) is 0 Å². The lowest BCUT2D eigenvalue weighted by molar-refractivity contribution is 0.0601. The Kier molecular flexibility index (Phi) is 5.37. The summed E-state index contributed by atoms with van der Waals surface area (Å²) in [6.07, 6.45) is 0. The van der Waals surface area contributed by atoms with Crippen molar-refractivity contribution < 1.29 is 14.3 Å². The van der Waals surface area contributed by atoms with E-state index in [0.29, 0.717) is 22.7 Å². The van der Waals surface area contributed by atoms with Gasteiger partial charge in [0.2, 0.25) is 0 Å². The Morgan fingerprint density at radius 1 is 1.09 bits per heavy atom. The van der Waals surface area contributed by atoms with Crippen molar-refractivity contribution in [2.24, 2.45) is 5.73 Å². The predicted octanol–water partition coefficient (Wildman–Crippen LogP) is 2.88. The minimum atomic E-state index is -0.445. The molecule has 120 valence electrons. The number of benzene rings is 2. The van der Waals surface area contributed by atoms with Gasteiger partial charge in [-0.3, -0.25) is 0 Å². The molecule has 2 aromatic rings. The number of thiocarbonyl (C=S) groups is 1. The zero-order valence-corrected chi connectivity index (χ0v) is 13.6. The number of nitrogens with two attached hydrogens (primary N) is 1. The summed E-state index contributed by atoms with van der Waals surface area (Å²) in [4.78, 5) is 11.7. The van der Waals surface area contributed by atoms with Gasteiger partial charge in [0.1, 0.15) is 5.75 Å². The van der Waals surface area contributed by atoms with Crippen molar-refractivity contribution in [1.82, 2.24) is 0 Å². The predicted molar refractivity (Wildman–Crippen MR) is 94.5 cm³/mol. The number of hydrogen-bond donors (Lipinski definition) is 3. The van der Waals surface area contributed by atoms with E-state index in [4.69, 9.17) is 27.4 Å². The quantitative estimate of drug-likeness (QED) is 0.574. The molecular weight excluding hydrogens is 314 g/mol. The van der Waals surface area contributed by atoms with Gasteiger partial charge in [0.25, 0.3) is 0 Å². The number of ether oxygens (including phenoxy) is 2. The van der Waals surface area contributed by atoms with Gasteiger partial charge in [-0.15, -0.1) is 0 Å². The van der Waals surface area contributed by atoms with Crippen molar-refractivity contribution in [3.05, 3.63) is 48.0 Å². The fourth-order valence-electron chi connectivity index (χ4n) is 2.03. The van der Waals surface area contributed by atoms with Gasteiger partial charge in [-0.05, 0) is 42.5 Å². The minimum absolute atomic E-state index is 0.0927. The highest BCUT2D eigenvalue weighted by molar-refractivity contribution is 7.80. The zero-order chi connectivity index (χ0) is 16.8. The lowest BCUT2D eigenvalue weighted by Crippen LogP contribution is -2.20. The Morgan fingerprint density at radius 3 is 2.48 bits per heavy atom. The van der Waals surface area contributed by atoms with E-state index >= 15 is 0 Å². The molecule has 0 bridgehead atoms.